The molecule has 0 aliphatic heterocycles. The van der Waals surface area contributed by atoms with Crippen LogP contribution in [0, 0.1) is 15.5 Å². The number of nitro groups is 1. The molecule has 124 valence electrons. The minimum absolute atomic E-state index is 0.00871. The summed E-state index contributed by atoms with van der Waals surface area (Å²) in [6.07, 6.45) is 5.17. The molecule has 0 saturated heterocycles. The average Bonchev–Trinajstić information content (AvgIpc) is 2.50. The fourth-order valence-corrected chi connectivity index (χ4v) is 2.24. The van der Waals surface area contributed by atoms with Crippen molar-refractivity contribution in [2.45, 2.75) is 27.7 Å². The molecule has 0 spiro atoms. The molecule has 0 fully saturated rings. The quantitative estimate of drug-likeness (QED) is 0.442. The van der Waals surface area contributed by atoms with Crippen molar-refractivity contribution in [2.75, 3.05) is 0 Å². The molecule has 24 heavy (non-hydrogen) atoms. The highest BCUT2D eigenvalue weighted by atomic mass is 16.6. The van der Waals surface area contributed by atoms with Crippen LogP contribution in [0.1, 0.15) is 27.7 Å². The zero-order chi connectivity index (χ0) is 17.9. The Kier molecular flexibility index (Phi) is 4.87. The van der Waals surface area contributed by atoms with Crippen LogP contribution in [0.5, 0.6) is 0 Å². The van der Waals surface area contributed by atoms with Crippen LogP contribution >= 0.6 is 0 Å². The largest absolute Gasteiger partial charge is 0.289 e. The van der Waals surface area contributed by atoms with E-state index in [1.54, 1.807) is 19.2 Å². The van der Waals surface area contributed by atoms with E-state index in [0.29, 0.717) is 11.3 Å². The summed E-state index contributed by atoms with van der Waals surface area (Å²) < 4.78 is 0. The zero-order valence-electron chi connectivity index (χ0n) is 14.1. The number of ketones is 1. The number of azo groups is 1. The molecule has 1 aromatic carbocycles. The van der Waals surface area contributed by atoms with E-state index in [-0.39, 0.29) is 16.9 Å². The third kappa shape index (κ3) is 4.10. The number of rotatable bonds is 3. The lowest BCUT2D eigenvalue weighted by Crippen LogP contribution is -2.21. The SMILES string of the molecule is CC1=C/C(=C/N=Nc2ccc([N+](=O)[O-])cc2)C=C(C(C)(C)C)C1=O. The van der Waals surface area contributed by atoms with Crippen LogP contribution in [-0.2, 0) is 4.79 Å². The highest BCUT2D eigenvalue weighted by Gasteiger charge is 2.27. The molecule has 6 nitrogen and oxygen atoms in total. The Morgan fingerprint density at radius 3 is 2.29 bits per heavy atom. The van der Waals surface area contributed by atoms with Crippen molar-refractivity contribution in [3.63, 3.8) is 0 Å². The molecule has 0 heterocycles. The van der Waals surface area contributed by atoms with Gasteiger partial charge in [-0.15, -0.1) is 0 Å². The van der Waals surface area contributed by atoms with Crippen LogP contribution < -0.4 is 0 Å². The first-order valence-corrected chi connectivity index (χ1v) is 7.49. The molecule has 0 aromatic heterocycles. The van der Waals surface area contributed by atoms with Crippen LogP contribution in [-0.4, -0.2) is 10.7 Å². The van der Waals surface area contributed by atoms with E-state index in [0.717, 1.165) is 11.1 Å². The Morgan fingerprint density at radius 1 is 1.12 bits per heavy atom. The second-order valence-corrected chi connectivity index (χ2v) is 6.58. The third-order valence-corrected chi connectivity index (χ3v) is 3.55. The molecule has 1 aliphatic carbocycles. The Labute approximate surface area is 140 Å². The summed E-state index contributed by atoms with van der Waals surface area (Å²) in [7, 11) is 0. The number of allylic oxidation sites excluding steroid dienone is 5. The van der Waals surface area contributed by atoms with Gasteiger partial charge in [0.25, 0.3) is 5.69 Å². The summed E-state index contributed by atoms with van der Waals surface area (Å²) >= 11 is 0. The fourth-order valence-electron chi connectivity index (χ4n) is 2.24. The lowest BCUT2D eigenvalue weighted by Gasteiger charge is -2.24. The summed E-state index contributed by atoms with van der Waals surface area (Å²) in [4.78, 5) is 22.4. The molecule has 6 heteroatoms. The van der Waals surface area contributed by atoms with Gasteiger partial charge < -0.3 is 0 Å². The van der Waals surface area contributed by atoms with E-state index < -0.39 is 4.92 Å². The molecule has 1 aromatic rings. The molecule has 0 N–H and O–H groups in total. The van der Waals surface area contributed by atoms with Gasteiger partial charge in [-0.05, 0) is 47.8 Å². The van der Waals surface area contributed by atoms with Gasteiger partial charge in [-0.2, -0.15) is 10.2 Å². The van der Waals surface area contributed by atoms with E-state index >= 15 is 0 Å². The van der Waals surface area contributed by atoms with Crippen LogP contribution in [0.25, 0.3) is 0 Å². The number of hydrogen-bond acceptors (Lipinski definition) is 5. The zero-order valence-corrected chi connectivity index (χ0v) is 14.1. The molecule has 0 radical (unpaired) electrons. The number of carbonyl (C=O) groups excluding carboxylic acids is 1. The molecule has 1 aliphatic rings. The summed E-state index contributed by atoms with van der Waals surface area (Å²) in [6, 6.07) is 5.81. The van der Waals surface area contributed by atoms with Gasteiger partial charge in [0.2, 0.25) is 0 Å². The molecule has 0 unspecified atom stereocenters. The van der Waals surface area contributed by atoms with Gasteiger partial charge in [0.05, 0.1) is 16.8 Å². The number of hydrogen-bond donors (Lipinski definition) is 0. The minimum Gasteiger partial charge on any atom is -0.289 e. The van der Waals surface area contributed by atoms with E-state index in [9.17, 15) is 14.9 Å². The Balaban J connectivity index is 2.22. The minimum atomic E-state index is -0.464. The molecule has 0 saturated carbocycles. The van der Waals surface area contributed by atoms with Crippen molar-refractivity contribution in [3.05, 3.63) is 69.5 Å². The van der Waals surface area contributed by atoms with Crippen LogP contribution in [0.4, 0.5) is 11.4 Å². The first kappa shape index (κ1) is 17.5. The maximum absolute atomic E-state index is 12.2. The van der Waals surface area contributed by atoms with Crippen molar-refractivity contribution in [1.29, 1.82) is 0 Å². The third-order valence-electron chi connectivity index (χ3n) is 3.55. The lowest BCUT2D eigenvalue weighted by molar-refractivity contribution is -0.384. The number of Topliss-reactive ketones (excluding diaryl/α,β-unsaturated/α-hetero) is 1. The number of non-ortho nitro benzene ring substituents is 1. The fraction of sp³-hybridized carbons (Fsp3) is 0.278. The average molecular weight is 325 g/mol. The monoisotopic (exact) mass is 325 g/mol. The Hall–Kier alpha value is -2.89. The summed E-state index contributed by atoms with van der Waals surface area (Å²) in [5.74, 6) is 0.0481. The molecule has 2 rings (SSSR count). The lowest BCUT2D eigenvalue weighted by atomic mass is 9.78. The van der Waals surface area contributed by atoms with Gasteiger partial charge in [0, 0.05) is 17.7 Å². The smallest absolute Gasteiger partial charge is 0.269 e. The summed E-state index contributed by atoms with van der Waals surface area (Å²) in [5, 5.41) is 18.6. The van der Waals surface area contributed by atoms with Crippen molar-refractivity contribution >= 4 is 17.2 Å². The predicted octanol–water partition coefficient (Wildman–Crippen LogP) is 5.06. The van der Waals surface area contributed by atoms with Crippen molar-refractivity contribution in [1.82, 2.24) is 0 Å². The predicted molar refractivity (Wildman–Crippen MR) is 92.0 cm³/mol. The van der Waals surface area contributed by atoms with Gasteiger partial charge in [-0.1, -0.05) is 20.8 Å². The second-order valence-electron chi connectivity index (χ2n) is 6.58. The van der Waals surface area contributed by atoms with Crippen molar-refractivity contribution in [2.24, 2.45) is 15.6 Å². The first-order chi connectivity index (χ1) is 11.2. The highest BCUT2D eigenvalue weighted by Crippen LogP contribution is 2.32. The maximum Gasteiger partial charge on any atom is 0.269 e. The number of nitro benzene ring substituents is 1. The summed E-state index contributed by atoms with van der Waals surface area (Å²) in [6.45, 7) is 7.75. The van der Waals surface area contributed by atoms with Crippen LogP contribution in [0.15, 0.2) is 69.6 Å². The first-order valence-electron chi connectivity index (χ1n) is 7.49. The van der Waals surface area contributed by atoms with E-state index in [2.05, 4.69) is 10.2 Å². The second kappa shape index (κ2) is 6.70. The highest BCUT2D eigenvalue weighted by molar-refractivity contribution is 6.10. The van der Waals surface area contributed by atoms with E-state index in [1.807, 2.05) is 26.8 Å². The van der Waals surface area contributed by atoms with E-state index in [1.165, 1.54) is 24.3 Å². The van der Waals surface area contributed by atoms with Crippen LogP contribution in [0.3, 0.4) is 0 Å². The maximum atomic E-state index is 12.2. The van der Waals surface area contributed by atoms with Gasteiger partial charge in [-0.3, -0.25) is 14.9 Å². The van der Waals surface area contributed by atoms with Crippen molar-refractivity contribution < 1.29 is 9.72 Å². The molecule has 0 atom stereocenters. The normalized spacial score (nSPS) is 17.2. The molecule has 0 amide bonds. The molecular formula is C18H19N3O3. The topological polar surface area (TPSA) is 84.9 Å². The van der Waals surface area contributed by atoms with Gasteiger partial charge in [0.15, 0.2) is 5.78 Å². The van der Waals surface area contributed by atoms with Crippen LogP contribution in [0.2, 0.25) is 0 Å². The summed E-state index contributed by atoms with van der Waals surface area (Å²) in [5.41, 5.74) is 2.47. The number of carbonyl (C=O) groups is 1. The van der Waals surface area contributed by atoms with Gasteiger partial charge in [-0.25, -0.2) is 0 Å². The Bertz CT molecular complexity index is 792. The molecular weight excluding hydrogens is 306 g/mol. The standard InChI is InChI=1S/C18H19N3O3/c1-12-9-13(10-16(17(12)22)18(2,3)4)11-19-20-14-5-7-15(8-6-14)21(23)24/h5-11H,1-4H3/b13-11-,20-19?. The number of benzene rings is 1. The molecule has 0 bridgehead atoms. The van der Waals surface area contributed by atoms with E-state index in [4.69, 9.17) is 0 Å². The van der Waals surface area contributed by atoms with Gasteiger partial charge >= 0.3 is 0 Å². The van der Waals surface area contributed by atoms with Gasteiger partial charge in [0.1, 0.15) is 0 Å². The Morgan fingerprint density at radius 2 is 1.75 bits per heavy atom. The number of nitrogens with zero attached hydrogens (tertiary/aromatic N) is 3. The van der Waals surface area contributed by atoms with Crippen molar-refractivity contribution in [3.8, 4) is 0 Å².